The fourth-order valence-corrected chi connectivity index (χ4v) is 1.99. The molecule has 8 heteroatoms. The third-order valence-electron chi connectivity index (χ3n) is 2.39. The zero-order valence-electron chi connectivity index (χ0n) is 10.5. The zero-order valence-corrected chi connectivity index (χ0v) is 11.4. The van der Waals surface area contributed by atoms with E-state index < -0.39 is 10.0 Å². The molecule has 0 aromatic heterocycles. The number of carbonyl (C=O) groups excluding carboxylic acids is 1. The lowest BCUT2D eigenvalue weighted by atomic mass is 10.1. The van der Waals surface area contributed by atoms with Gasteiger partial charge in [0.05, 0.1) is 18.4 Å². The number of amides is 1. The van der Waals surface area contributed by atoms with Gasteiger partial charge < -0.3 is 15.8 Å². The summed E-state index contributed by atoms with van der Waals surface area (Å²) in [5.41, 5.74) is 6.33. The predicted octanol–water partition coefficient (Wildman–Crippen LogP) is -0.314. The summed E-state index contributed by atoms with van der Waals surface area (Å²) in [6.45, 7) is 0.209. The van der Waals surface area contributed by atoms with Gasteiger partial charge in [0.15, 0.2) is 0 Å². The van der Waals surface area contributed by atoms with Crippen LogP contribution in [0.5, 0.6) is 5.75 Å². The minimum absolute atomic E-state index is 0.175. The third kappa shape index (κ3) is 5.14. The van der Waals surface area contributed by atoms with Crippen LogP contribution in [0.1, 0.15) is 16.8 Å². The van der Waals surface area contributed by atoms with E-state index in [2.05, 4.69) is 5.32 Å². The first kappa shape index (κ1) is 15.3. The van der Waals surface area contributed by atoms with Crippen LogP contribution in [-0.2, 0) is 10.0 Å². The molecule has 0 aliphatic carbocycles. The molecular formula is C11H17N3O4S. The van der Waals surface area contributed by atoms with E-state index in [0.717, 1.165) is 0 Å². The van der Waals surface area contributed by atoms with Crippen LogP contribution >= 0.6 is 0 Å². The minimum atomic E-state index is -3.50. The summed E-state index contributed by atoms with van der Waals surface area (Å²) >= 11 is 0. The Labute approximate surface area is 112 Å². The van der Waals surface area contributed by atoms with Crippen molar-refractivity contribution in [2.45, 2.75) is 6.42 Å². The van der Waals surface area contributed by atoms with Crippen LogP contribution < -0.4 is 20.9 Å². The highest BCUT2D eigenvalue weighted by molar-refractivity contribution is 7.89. The first-order valence-corrected chi connectivity index (χ1v) is 7.27. The van der Waals surface area contributed by atoms with Crippen molar-refractivity contribution < 1.29 is 17.9 Å². The van der Waals surface area contributed by atoms with Crippen molar-refractivity contribution in [3.8, 4) is 5.75 Å². The van der Waals surface area contributed by atoms with Gasteiger partial charge in [-0.05, 0) is 18.6 Å². The Bertz CT molecular complexity index is 557. The zero-order chi connectivity index (χ0) is 14.5. The van der Waals surface area contributed by atoms with Gasteiger partial charge in [0.2, 0.25) is 10.0 Å². The smallest absolute Gasteiger partial charge is 0.253 e. The highest BCUT2D eigenvalue weighted by Crippen LogP contribution is 2.19. The van der Waals surface area contributed by atoms with Crippen LogP contribution in [-0.4, -0.2) is 33.7 Å². The molecule has 0 bridgehead atoms. The molecule has 1 amide bonds. The maximum atomic E-state index is 11.8. The molecule has 0 spiro atoms. The number of hydrogen-bond donors (Lipinski definition) is 3. The Balaban J connectivity index is 2.54. The number of nitrogen functional groups attached to an aromatic ring is 1. The van der Waals surface area contributed by atoms with Crippen LogP contribution in [0.25, 0.3) is 0 Å². The molecule has 0 saturated heterocycles. The number of hydrogen-bond acceptors (Lipinski definition) is 5. The van der Waals surface area contributed by atoms with Crippen LogP contribution in [0.2, 0.25) is 0 Å². The largest absolute Gasteiger partial charge is 0.497 e. The lowest BCUT2D eigenvalue weighted by Crippen LogP contribution is -2.27. The Kier molecular flexibility index (Phi) is 5.13. The first-order chi connectivity index (χ1) is 8.83. The minimum Gasteiger partial charge on any atom is -0.497 e. The van der Waals surface area contributed by atoms with Crippen molar-refractivity contribution in [2.24, 2.45) is 5.14 Å². The fraction of sp³-hybridized carbons (Fsp3) is 0.364. The van der Waals surface area contributed by atoms with Crippen LogP contribution in [0.15, 0.2) is 18.2 Å². The van der Waals surface area contributed by atoms with Crippen LogP contribution in [0, 0.1) is 0 Å². The molecular weight excluding hydrogens is 270 g/mol. The Morgan fingerprint density at radius 2 is 2.11 bits per heavy atom. The molecule has 0 saturated carbocycles. The summed E-state index contributed by atoms with van der Waals surface area (Å²) in [6, 6.07) is 4.71. The van der Waals surface area contributed by atoms with E-state index in [4.69, 9.17) is 15.6 Å². The average molecular weight is 287 g/mol. The van der Waals surface area contributed by atoms with Gasteiger partial charge in [-0.15, -0.1) is 0 Å². The van der Waals surface area contributed by atoms with E-state index in [1.54, 1.807) is 18.2 Å². The van der Waals surface area contributed by atoms with Gasteiger partial charge in [-0.2, -0.15) is 0 Å². The van der Waals surface area contributed by atoms with Crippen molar-refractivity contribution in [1.29, 1.82) is 0 Å². The van der Waals surface area contributed by atoms with Crippen molar-refractivity contribution in [3.05, 3.63) is 23.8 Å². The highest BCUT2D eigenvalue weighted by atomic mass is 32.2. The molecule has 0 fully saturated rings. The van der Waals surface area contributed by atoms with Gasteiger partial charge in [-0.25, -0.2) is 13.6 Å². The molecule has 0 aliphatic heterocycles. The summed E-state index contributed by atoms with van der Waals surface area (Å²) in [5, 5.41) is 7.42. The van der Waals surface area contributed by atoms with Gasteiger partial charge >= 0.3 is 0 Å². The topological polar surface area (TPSA) is 125 Å². The standard InChI is InChI=1S/C11H17N3O4S/c1-18-8-3-4-9(10(12)7-8)11(15)14-5-2-6-19(13,16)17/h3-4,7H,2,5-6,12H2,1H3,(H,14,15)(H2,13,16,17). The number of primary sulfonamides is 1. The second kappa shape index (κ2) is 6.39. The van der Waals surface area contributed by atoms with Crippen molar-refractivity contribution in [1.82, 2.24) is 5.32 Å². The molecule has 7 nitrogen and oxygen atoms in total. The van der Waals surface area contributed by atoms with E-state index in [1.165, 1.54) is 7.11 Å². The van der Waals surface area contributed by atoms with Gasteiger partial charge in [0, 0.05) is 18.3 Å². The Morgan fingerprint density at radius 3 is 2.63 bits per heavy atom. The molecule has 1 aromatic carbocycles. The van der Waals surface area contributed by atoms with Crippen molar-refractivity contribution in [3.63, 3.8) is 0 Å². The van der Waals surface area contributed by atoms with Crippen LogP contribution in [0.4, 0.5) is 5.69 Å². The average Bonchev–Trinajstić information content (AvgIpc) is 2.33. The van der Waals surface area contributed by atoms with Crippen molar-refractivity contribution >= 4 is 21.6 Å². The SMILES string of the molecule is COc1ccc(C(=O)NCCCS(N)(=O)=O)c(N)c1. The molecule has 19 heavy (non-hydrogen) atoms. The molecule has 0 aliphatic rings. The number of sulfonamides is 1. The second-order valence-corrected chi connectivity index (χ2v) is 5.66. The molecule has 106 valence electrons. The number of nitrogens with two attached hydrogens (primary N) is 2. The maximum Gasteiger partial charge on any atom is 0.253 e. The van der Waals surface area contributed by atoms with Crippen molar-refractivity contribution in [2.75, 3.05) is 25.1 Å². The maximum absolute atomic E-state index is 11.8. The molecule has 5 N–H and O–H groups in total. The normalized spacial score (nSPS) is 11.1. The summed E-state index contributed by atoms with van der Waals surface area (Å²) in [7, 11) is -1.99. The molecule has 0 radical (unpaired) electrons. The van der Waals surface area contributed by atoms with E-state index in [9.17, 15) is 13.2 Å². The lowest BCUT2D eigenvalue weighted by molar-refractivity contribution is 0.0954. The number of benzene rings is 1. The van der Waals surface area contributed by atoms with Gasteiger partial charge in [0.1, 0.15) is 5.75 Å². The summed E-state index contributed by atoms with van der Waals surface area (Å²) in [4.78, 5) is 11.8. The quantitative estimate of drug-likeness (QED) is 0.489. The Hall–Kier alpha value is -1.80. The lowest BCUT2D eigenvalue weighted by Gasteiger charge is -2.08. The molecule has 1 rings (SSSR count). The highest BCUT2D eigenvalue weighted by Gasteiger charge is 2.10. The van der Waals surface area contributed by atoms with Gasteiger partial charge in [-0.3, -0.25) is 4.79 Å². The molecule has 1 aromatic rings. The Morgan fingerprint density at radius 1 is 1.42 bits per heavy atom. The second-order valence-electron chi connectivity index (χ2n) is 3.93. The van der Waals surface area contributed by atoms with E-state index in [-0.39, 0.29) is 24.6 Å². The number of rotatable bonds is 6. The van der Waals surface area contributed by atoms with E-state index >= 15 is 0 Å². The van der Waals surface area contributed by atoms with Gasteiger partial charge in [-0.1, -0.05) is 0 Å². The number of anilines is 1. The predicted molar refractivity (Wildman–Crippen MR) is 72.3 cm³/mol. The summed E-state index contributed by atoms with van der Waals surface area (Å²) in [5.74, 6) is 0.0172. The monoisotopic (exact) mass is 287 g/mol. The number of nitrogens with one attached hydrogen (secondary N) is 1. The fourth-order valence-electron chi connectivity index (χ4n) is 1.45. The van der Waals surface area contributed by atoms with Crippen LogP contribution in [0.3, 0.4) is 0 Å². The van der Waals surface area contributed by atoms with E-state index in [0.29, 0.717) is 17.0 Å². The molecule has 0 atom stereocenters. The molecule has 0 heterocycles. The number of carbonyl (C=O) groups is 1. The number of methoxy groups -OCH3 is 1. The number of ether oxygens (including phenoxy) is 1. The summed E-state index contributed by atoms with van der Waals surface area (Å²) in [6.07, 6.45) is 0.251. The first-order valence-electron chi connectivity index (χ1n) is 5.55. The molecule has 0 unspecified atom stereocenters. The summed E-state index contributed by atoms with van der Waals surface area (Å²) < 4.78 is 26.4. The van der Waals surface area contributed by atoms with Gasteiger partial charge in [0.25, 0.3) is 5.91 Å². The third-order valence-corrected chi connectivity index (χ3v) is 3.25. The van der Waals surface area contributed by atoms with E-state index in [1.807, 2.05) is 0 Å².